The lowest BCUT2D eigenvalue weighted by Crippen LogP contribution is -2.43. The van der Waals surface area contributed by atoms with Crippen molar-refractivity contribution in [3.8, 4) is 0 Å². The Balaban J connectivity index is 1.71. The van der Waals surface area contributed by atoms with Gasteiger partial charge in [-0.1, -0.05) is 0 Å². The maximum absolute atomic E-state index is 13.2. The lowest BCUT2D eigenvalue weighted by Gasteiger charge is -2.33. The van der Waals surface area contributed by atoms with Gasteiger partial charge in [0.2, 0.25) is 5.91 Å². The smallest absolute Gasteiger partial charge is 0.260 e. The number of hydrogen-bond acceptors (Lipinski definition) is 4. The molecule has 2 aliphatic rings. The van der Waals surface area contributed by atoms with E-state index in [0.29, 0.717) is 23.3 Å². The first-order valence-corrected chi connectivity index (χ1v) is 9.01. The lowest BCUT2D eigenvalue weighted by molar-refractivity contribution is -0.119. The highest BCUT2D eigenvalue weighted by molar-refractivity contribution is 9.10. The molecule has 0 radical (unpaired) electrons. The molecule has 0 aromatic carbocycles. The summed E-state index contributed by atoms with van der Waals surface area (Å²) in [7, 11) is 0. The SMILES string of the molecule is NC1CCCN(c2c(Br)cnc3[nH]cc(NC(=O)C4CC4(F)F)c23)C1. The molecule has 9 heteroatoms. The van der Waals surface area contributed by atoms with Crippen LogP contribution < -0.4 is 16.0 Å². The number of nitrogens with zero attached hydrogens (tertiary/aromatic N) is 2. The van der Waals surface area contributed by atoms with Crippen molar-refractivity contribution in [1.29, 1.82) is 0 Å². The molecule has 1 saturated carbocycles. The number of fused-ring (bicyclic) bond motifs is 1. The number of hydrogen-bond donors (Lipinski definition) is 3. The van der Waals surface area contributed by atoms with Crippen molar-refractivity contribution < 1.29 is 13.6 Å². The number of pyridine rings is 1. The molecule has 2 atom stereocenters. The summed E-state index contributed by atoms with van der Waals surface area (Å²) in [5.41, 5.74) is 8.03. The Morgan fingerprint density at radius 1 is 1.52 bits per heavy atom. The molecular formula is C16H18BrF2N5O. The largest absolute Gasteiger partial charge is 0.368 e. The van der Waals surface area contributed by atoms with E-state index in [-0.39, 0.29) is 6.04 Å². The number of rotatable bonds is 3. The molecule has 3 heterocycles. The molecule has 1 aliphatic heterocycles. The minimum absolute atomic E-state index is 0.0750. The first kappa shape index (κ1) is 16.7. The summed E-state index contributed by atoms with van der Waals surface area (Å²) >= 11 is 3.53. The van der Waals surface area contributed by atoms with E-state index in [2.05, 4.69) is 36.1 Å². The number of aromatic nitrogens is 2. The van der Waals surface area contributed by atoms with Crippen molar-refractivity contribution in [3.63, 3.8) is 0 Å². The molecule has 2 aromatic rings. The minimum Gasteiger partial charge on any atom is -0.368 e. The summed E-state index contributed by atoms with van der Waals surface area (Å²) in [5, 5.41) is 3.34. The first-order chi connectivity index (χ1) is 11.9. The molecule has 6 nitrogen and oxygen atoms in total. The summed E-state index contributed by atoms with van der Waals surface area (Å²) in [6.45, 7) is 1.53. The number of nitrogens with two attached hydrogens (primary N) is 1. The summed E-state index contributed by atoms with van der Waals surface area (Å²) in [5.74, 6) is -4.80. The lowest BCUT2D eigenvalue weighted by atomic mass is 10.1. The van der Waals surface area contributed by atoms with E-state index >= 15 is 0 Å². The Labute approximate surface area is 151 Å². The highest BCUT2D eigenvalue weighted by atomic mass is 79.9. The number of aromatic amines is 1. The number of piperidine rings is 1. The fourth-order valence-electron chi connectivity index (χ4n) is 3.39. The summed E-state index contributed by atoms with van der Waals surface area (Å²) in [4.78, 5) is 21.5. The van der Waals surface area contributed by atoms with Gasteiger partial charge in [-0.25, -0.2) is 13.8 Å². The standard InChI is InChI=1S/C16H18BrF2N5O/c17-10-5-21-14-12(13(10)24-3-1-2-8(20)7-24)11(6-22-14)23-15(25)9-4-16(9,18)19/h5-6,8-9H,1-4,7,20H2,(H,21,22)(H,23,25). The second-order valence-corrected chi connectivity index (χ2v) is 7.59. The van der Waals surface area contributed by atoms with Crippen molar-refractivity contribution >= 4 is 44.2 Å². The van der Waals surface area contributed by atoms with E-state index in [1.165, 1.54) is 0 Å². The number of carbonyl (C=O) groups is 1. The van der Waals surface area contributed by atoms with Crippen LogP contribution in [0.2, 0.25) is 0 Å². The fraction of sp³-hybridized carbons (Fsp3) is 0.500. The monoisotopic (exact) mass is 413 g/mol. The van der Waals surface area contributed by atoms with Gasteiger partial charge in [0.15, 0.2) is 0 Å². The molecule has 4 rings (SSSR count). The van der Waals surface area contributed by atoms with Crippen LogP contribution in [0, 0.1) is 5.92 Å². The van der Waals surface area contributed by atoms with Crippen molar-refractivity contribution in [3.05, 3.63) is 16.9 Å². The van der Waals surface area contributed by atoms with Crippen molar-refractivity contribution in [1.82, 2.24) is 9.97 Å². The third-order valence-electron chi connectivity index (χ3n) is 4.80. The van der Waals surface area contributed by atoms with E-state index in [0.717, 1.165) is 29.5 Å². The molecule has 2 fully saturated rings. The van der Waals surface area contributed by atoms with E-state index in [1.54, 1.807) is 12.4 Å². The van der Waals surface area contributed by atoms with Gasteiger partial charge in [0.05, 0.1) is 21.2 Å². The zero-order valence-corrected chi connectivity index (χ0v) is 14.9. The van der Waals surface area contributed by atoms with Crippen LogP contribution in [-0.2, 0) is 4.79 Å². The van der Waals surface area contributed by atoms with Crippen LogP contribution in [0.3, 0.4) is 0 Å². The van der Waals surface area contributed by atoms with Gasteiger partial charge in [-0.2, -0.15) is 0 Å². The van der Waals surface area contributed by atoms with Crippen molar-refractivity contribution in [2.24, 2.45) is 11.7 Å². The number of nitrogens with one attached hydrogen (secondary N) is 2. The fourth-order valence-corrected chi connectivity index (χ4v) is 3.95. The van der Waals surface area contributed by atoms with Crippen LogP contribution in [0.4, 0.5) is 20.2 Å². The van der Waals surface area contributed by atoms with Crippen LogP contribution in [0.15, 0.2) is 16.9 Å². The molecule has 2 aromatic heterocycles. The van der Waals surface area contributed by atoms with Gasteiger partial charge >= 0.3 is 0 Å². The molecule has 1 amide bonds. The Morgan fingerprint density at radius 2 is 2.28 bits per heavy atom. The maximum Gasteiger partial charge on any atom is 0.260 e. The minimum atomic E-state index is -2.89. The summed E-state index contributed by atoms with van der Waals surface area (Å²) < 4.78 is 27.1. The van der Waals surface area contributed by atoms with Crippen LogP contribution in [-0.4, -0.2) is 40.9 Å². The van der Waals surface area contributed by atoms with Gasteiger partial charge in [0.1, 0.15) is 11.6 Å². The van der Waals surface area contributed by atoms with E-state index < -0.39 is 24.2 Å². The maximum atomic E-state index is 13.2. The number of anilines is 2. The predicted octanol–water partition coefficient (Wildman–Crippen LogP) is 2.85. The van der Waals surface area contributed by atoms with Crippen molar-refractivity contribution in [2.75, 3.05) is 23.3 Å². The van der Waals surface area contributed by atoms with Gasteiger partial charge < -0.3 is 20.9 Å². The number of alkyl halides is 2. The predicted molar refractivity (Wildman–Crippen MR) is 94.9 cm³/mol. The second kappa shape index (κ2) is 5.91. The summed E-state index contributed by atoms with van der Waals surface area (Å²) in [6.07, 6.45) is 4.83. The molecule has 1 aliphatic carbocycles. The highest BCUT2D eigenvalue weighted by Crippen LogP contribution is 2.49. The van der Waals surface area contributed by atoms with Gasteiger partial charge in [0, 0.05) is 37.9 Å². The number of amides is 1. The molecule has 1 saturated heterocycles. The van der Waals surface area contributed by atoms with Crippen LogP contribution in [0.5, 0.6) is 0 Å². The van der Waals surface area contributed by atoms with Crippen molar-refractivity contribution in [2.45, 2.75) is 31.2 Å². The molecule has 0 bridgehead atoms. The third kappa shape index (κ3) is 2.99. The normalized spacial score (nSPS) is 25.2. The number of halogens is 3. The van der Waals surface area contributed by atoms with Crippen LogP contribution >= 0.6 is 15.9 Å². The molecule has 2 unspecified atom stereocenters. The van der Waals surface area contributed by atoms with Crippen LogP contribution in [0.1, 0.15) is 19.3 Å². The molecule has 134 valence electrons. The van der Waals surface area contributed by atoms with Gasteiger partial charge in [-0.15, -0.1) is 0 Å². The zero-order valence-electron chi connectivity index (χ0n) is 13.4. The van der Waals surface area contributed by atoms with Gasteiger partial charge in [-0.05, 0) is 28.8 Å². The Morgan fingerprint density at radius 3 is 2.96 bits per heavy atom. The summed E-state index contributed by atoms with van der Waals surface area (Å²) in [6, 6.07) is 0.0750. The highest BCUT2D eigenvalue weighted by Gasteiger charge is 2.61. The zero-order chi connectivity index (χ0) is 17.8. The number of H-pyrrole nitrogens is 1. The topological polar surface area (TPSA) is 87.0 Å². The van der Waals surface area contributed by atoms with E-state index in [9.17, 15) is 13.6 Å². The Bertz CT molecular complexity index is 839. The first-order valence-electron chi connectivity index (χ1n) is 8.21. The number of carbonyl (C=O) groups excluding carboxylic acids is 1. The average Bonchev–Trinajstić information content (AvgIpc) is 3.02. The molecule has 4 N–H and O–H groups in total. The van der Waals surface area contributed by atoms with Crippen LogP contribution in [0.25, 0.3) is 11.0 Å². The Kier molecular flexibility index (Phi) is 3.95. The van der Waals surface area contributed by atoms with E-state index in [1.807, 2.05) is 0 Å². The quantitative estimate of drug-likeness (QED) is 0.721. The molecule has 25 heavy (non-hydrogen) atoms. The van der Waals surface area contributed by atoms with Gasteiger partial charge in [-0.3, -0.25) is 4.79 Å². The van der Waals surface area contributed by atoms with Gasteiger partial charge in [0.25, 0.3) is 5.92 Å². The average molecular weight is 414 g/mol. The Hall–Kier alpha value is -1.74. The molecular weight excluding hydrogens is 396 g/mol. The third-order valence-corrected chi connectivity index (χ3v) is 5.38. The molecule has 0 spiro atoms. The second-order valence-electron chi connectivity index (χ2n) is 6.74. The van der Waals surface area contributed by atoms with E-state index in [4.69, 9.17) is 5.73 Å².